The maximum absolute atomic E-state index is 12.3. The summed E-state index contributed by atoms with van der Waals surface area (Å²) in [5, 5.41) is 3.31. The van der Waals surface area contributed by atoms with Crippen molar-refractivity contribution in [2.24, 2.45) is 7.05 Å². The van der Waals surface area contributed by atoms with Gasteiger partial charge in [0.15, 0.2) is 5.78 Å². The van der Waals surface area contributed by atoms with Crippen LogP contribution in [0.2, 0.25) is 5.02 Å². The molecule has 0 atom stereocenters. The van der Waals surface area contributed by atoms with E-state index in [1.54, 1.807) is 55.8 Å². The number of benzene rings is 1. The molecule has 0 unspecified atom stereocenters. The number of pyridine rings is 1. The van der Waals surface area contributed by atoms with Crippen molar-refractivity contribution in [3.8, 4) is 11.3 Å². The summed E-state index contributed by atoms with van der Waals surface area (Å²) in [6.45, 7) is -0.0240. The molecule has 1 N–H and O–H groups in total. The molecule has 0 spiro atoms. The van der Waals surface area contributed by atoms with Gasteiger partial charge in [-0.3, -0.25) is 19.1 Å². The van der Waals surface area contributed by atoms with Crippen LogP contribution in [0.15, 0.2) is 59.7 Å². The summed E-state index contributed by atoms with van der Waals surface area (Å²) in [4.78, 5) is 32.9. The fraction of sp³-hybridized carbons (Fsp3) is 0.111. The van der Waals surface area contributed by atoms with E-state index in [-0.39, 0.29) is 17.9 Å². The third-order valence-corrected chi connectivity index (χ3v) is 4.02. The highest BCUT2D eigenvalue weighted by Crippen LogP contribution is 2.17. The first-order valence-corrected chi connectivity index (χ1v) is 7.94. The normalized spacial score (nSPS) is 10.5. The monoisotopic (exact) mass is 354 g/mol. The average molecular weight is 355 g/mol. The van der Waals surface area contributed by atoms with Crippen molar-refractivity contribution in [2.45, 2.75) is 0 Å². The third kappa shape index (κ3) is 3.75. The van der Waals surface area contributed by atoms with Gasteiger partial charge < -0.3 is 5.32 Å². The summed E-state index contributed by atoms with van der Waals surface area (Å²) in [7, 11) is 1.59. The number of nitrogens with one attached hydrogen (secondary N) is 1. The molecule has 3 aromatic rings. The number of aromatic nitrogens is 3. The second kappa shape index (κ2) is 7.27. The molecule has 126 valence electrons. The molecule has 0 aliphatic rings. The molecule has 7 heteroatoms. The topological polar surface area (TPSA) is 76.9 Å². The molecule has 0 saturated carbocycles. The Labute approximate surface area is 149 Å². The summed E-state index contributed by atoms with van der Waals surface area (Å²) < 4.78 is 1.35. The summed E-state index contributed by atoms with van der Waals surface area (Å²) in [6, 6.07) is 11.8. The number of rotatable bonds is 5. The van der Waals surface area contributed by atoms with Crippen LogP contribution in [0, 0.1) is 0 Å². The van der Waals surface area contributed by atoms with Crippen molar-refractivity contribution in [3.05, 3.63) is 75.8 Å². The quantitative estimate of drug-likeness (QED) is 0.713. The van der Waals surface area contributed by atoms with Gasteiger partial charge >= 0.3 is 0 Å². The second-order valence-corrected chi connectivity index (χ2v) is 5.76. The molecule has 0 bridgehead atoms. The standard InChI is InChI=1S/C18H15ClN4O2/c1-23-17(25)10-15(12-6-8-20-9-7-12)22-18(23)21-11-16(24)13-4-2-3-5-14(13)19/h2-10H,11H2,1H3,(H,21,22). The Morgan fingerprint density at radius 1 is 1.20 bits per heavy atom. The van der Waals surface area contributed by atoms with Crippen molar-refractivity contribution in [1.29, 1.82) is 0 Å². The smallest absolute Gasteiger partial charge is 0.255 e. The molecular formula is C18H15ClN4O2. The van der Waals surface area contributed by atoms with Crippen LogP contribution in [0.4, 0.5) is 5.95 Å². The van der Waals surface area contributed by atoms with E-state index in [2.05, 4.69) is 15.3 Å². The Hall–Kier alpha value is -2.99. The van der Waals surface area contributed by atoms with E-state index in [0.717, 1.165) is 5.56 Å². The number of carbonyl (C=O) groups is 1. The van der Waals surface area contributed by atoms with Crippen LogP contribution >= 0.6 is 11.6 Å². The minimum atomic E-state index is -0.227. The van der Waals surface area contributed by atoms with E-state index < -0.39 is 0 Å². The summed E-state index contributed by atoms with van der Waals surface area (Å²) >= 11 is 6.04. The number of halogens is 1. The number of hydrogen-bond acceptors (Lipinski definition) is 5. The van der Waals surface area contributed by atoms with Crippen molar-refractivity contribution >= 4 is 23.3 Å². The van der Waals surface area contributed by atoms with E-state index in [0.29, 0.717) is 22.2 Å². The highest BCUT2D eigenvalue weighted by Gasteiger charge is 2.12. The number of anilines is 1. The number of Topliss-reactive ketones (excluding diaryl/α,β-unsaturated/α-hetero) is 1. The zero-order chi connectivity index (χ0) is 17.8. The fourth-order valence-electron chi connectivity index (χ4n) is 2.31. The molecule has 0 radical (unpaired) electrons. The number of carbonyl (C=O) groups excluding carboxylic acids is 1. The lowest BCUT2D eigenvalue weighted by atomic mass is 10.1. The molecule has 0 saturated heterocycles. The van der Waals surface area contributed by atoms with E-state index in [1.165, 1.54) is 10.6 Å². The van der Waals surface area contributed by atoms with Crippen LogP contribution in [0.3, 0.4) is 0 Å². The number of hydrogen-bond donors (Lipinski definition) is 1. The van der Waals surface area contributed by atoms with Gasteiger partial charge in [-0.25, -0.2) is 4.98 Å². The van der Waals surface area contributed by atoms with E-state index >= 15 is 0 Å². The van der Waals surface area contributed by atoms with Crippen LogP contribution in [0.1, 0.15) is 10.4 Å². The lowest BCUT2D eigenvalue weighted by molar-refractivity contribution is 0.101. The fourth-order valence-corrected chi connectivity index (χ4v) is 2.55. The summed E-state index contributed by atoms with van der Waals surface area (Å²) in [6.07, 6.45) is 3.25. The first kappa shape index (κ1) is 16.9. The van der Waals surface area contributed by atoms with Gasteiger partial charge in [-0.2, -0.15) is 0 Å². The largest absolute Gasteiger partial charge is 0.348 e. The van der Waals surface area contributed by atoms with Crippen molar-refractivity contribution in [1.82, 2.24) is 14.5 Å². The van der Waals surface area contributed by atoms with Gasteiger partial charge in [0, 0.05) is 36.6 Å². The molecule has 1 aromatic carbocycles. The first-order valence-electron chi connectivity index (χ1n) is 7.56. The van der Waals surface area contributed by atoms with Crippen LogP contribution in [-0.2, 0) is 7.05 Å². The molecule has 3 rings (SSSR count). The predicted molar refractivity (Wildman–Crippen MR) is 97.0 cm³/mol. The van der Waals surface area contributed by atoms with E-state index in [9.17, 15) is 9.59 Å². The van der Waals surface area contributed by atoms with Crippen LogP contribution in [0.5, 0.6) is 0 Å². The van der Waals surface area contributed by atoms with Crippen LogP contribution in [0.25, 0.3) is 11.3 Å². The Kier molecular flexibility index (Phi) is 4.90. The van der Waals surface area contributed by atoms with Crippen LogP contribution < -0.4 is 10.9 Å². The molecule has 0 aliphatic heterocycles. The molecule has 0 aliphatic carbocycles. The maximum Gasteiger partial charge on any atom is 0.255 e. The van der Waals surface area contributed by atoms with Gasteiger partial charge in [-0.15, -0.1) is 0 Å². The van der Waals surface area contributed by atoms with E-state index in [4.69, 9.17) is 11.6 Å². The van der Waals surface area contributed by atoms with Gasteiger partial charge in [0.25, 0.3) is 5.56 Å². The number of nitrogens with zero attached hydrogens (tertiary/aromatic N) is 3. The molecule has 0 fully saturated rings. The van der Waals surface area contributed by atoms with Gasteiger partial charge in [-0.05, 0) is 24.3 Å². The van der Waals surface area contributed by atoms with Gasteiger partial charge in [0.2, 0.25) is 5.95 Å². The molecule has 6 nitrogen and oxygen atoms in total. The highest BCUT2D eigenvalue weighted by atomic mass is 35.5. The zero-order valence-electron chi connectivity index (χ0n) is 13.4. The minimum absolute atomic E-state index is 0.0240. The van der Waals surface area contributed by atoms with Gasteiger partial charge in [-0.1, -0.05) is 23.7 Å². The van der Waals surface area contributed by atoms with Gasteiger partial charge in [0.1, 0.15) is 0 Å². The molecular weight excluding hydrogens is 340 g/mol. The van der Waals surface area contributed by atoms with Crippen molar-refractivity contribution < 1.29 is 4.79 Å². The predicted octanol–water partition coefficient (Wildman–Crippen LogP) is 2.79. The molecule has 0 amide bonds. The highest BCUT2D eigenvalue weighted by molar-refractivity contribution is 6.34. The van der Waals surface area contributed by atoms with Gasteiger partial charge in [0.05, 0.1) is 17.3 Å². The number of ketones is 1. The molecule has 25 heavy (non-hydrogen) atoms. The Morgan fingerprint density at radius 3 is 2.64 bits per heavy atom. The van der Waals surface area contributed by atoms with Crippen molar-refractivity contribution in [2.75, 3.05) is 11.9 Å². The maximum atomic E-state index is 12.3. The second-order valence-electron chi connectivity index (χ2n) is 5.35. The minimum Gasteiger partial charge on any atom is -0.348 e. The molecule has 2 heterocycles. The Morgan fingerprint density at radius 2 is 1.92 bits per heavy atom. The Balaban J connectivity index is 1.85. The summed E-state index contributed by atoms with van der Waals surface area (Å²) in [5.41, 5.74) is 1.48. The van der Waals surface area contributed by atoms with Crippen LogP contribution in [-0.4, -0.2) is 26.9 Å². The molecule has 2 aromatic heterocycles. The average Bonchev–Trinajstić information content (AvgIpc) is 2.63. The SMILES string of the molecule is Cn1c(NCC(=O)c2ccccc2Cl)nc(-c2ccncc2)cc1=O. The first-order chi connectivity index (χ1) is 12.1. The lowest BCUT2D eigenvalue weighted by Crippen LogP contribution is -2.24. The van der Waals surface area contributed by atoms with E-state index in [1.807, 2.05) is 0 Å². The zero-order valence-corrected chi connectivity index (χ0v) is 14.2. The summed E-state index contributed by atoms with van der Waals surface area (Å²) in [5.74, 6) is 0.119. The Bertz CT molecular complexity index is 970. The third-order valence-electron chi connectivity index (χ3n) is 3.69. The van der Waals surface area contributed by atoms with Crippen molar-refractivity contribution in [3.63, 3.8) is 0 Å². The lowest BCUT2D eigenvalue weighted by Gasteiger charge is -2.11.